The summed E-state index contributed by atoms with van der Waals surface area (Å²) in [5, 5.41) is 0. The quantitative estimate of drug-likeness (QED) is 0.0754. The van der Waals surface area contributed by atoms with Gasteiger partial charge < -0.3 is 19.3 Å². The topological polar surface area (TPSA) is 24.9 Å². The number of benzene rings is 14. The molecule has 17 rings (SSSR count). The van der Waals surface area contributed by atoms with Crippen LogP contribution in [-0.4, -0.2) is 0 Å². The molecule has 1 spiro atoms. The summed E-state index contributed by atoms with van der Waals surface area (Å²) >= 11 is 0. The highest BCUT2D eigenvalue weighted by molar-refractivity contribution is 5.90. The van der Waals surface area contributed by atoms with Crippen molar-refractivity contribution in [2.24, 2.45) is 0 Å². The van der Waals surface area contributed by atoms with E-state index in [1.165, 1.54) is 48.5 Å². The Hall–Kier alpha value is -12.7. The minimum Gasteiger partial charge on any atom is -0.457 e. The summed E-state index contributed by atoms with van der Waals surface area (Å²) in [7, 11) is 0. The SMILES string of the molecule is C=Cc1ccc(Oc2ccc(Cc3cc(N(c4cc(F)cc(F)c4)c4ccc5c(c4)C4(CC5(C)C)CC(C)(C)c5ccc(N(c6cc(F)cc(F)c6)c6ccc7c(c6)C(c6ccc(F)cc6)(c6ccc(Oc8ccc(C=C)cc8)cc6)c6ccccc6-7)cc54)ccc3-c3ccccc3Cc3ccc(F)cc3)cc2)cc1. The monoisotopic (exact) mass is 1450 g/mol. The molecule has 0 radical (unpaired) electrons. The highest BCUT2D eigenvalue weighted by atomic mass is 19.2. The van der Waals surface area contributed by atoms with Crippen LogP contribution in [0.25, 0.3) is 34.4 Å². The molecule has 0 aromatic heterocycles. The molecule has 0 aliphatic heterocycles. The van der Waals surface area contributed by atoms with Crippen molar-refractivity contribution < 1.29 is 35.8 Å². The Morgan fingerprint density at radius 2 is 0.673 bits per heavy atom. The first-order valence-corrected chi connectivity index (χ1v) is 37.0. The van der Waals surface area contributed by atoms with Crippen LogP contribution >= 0.6 is 0 Å². The van der Waals surface area contributed by atoms with Crippen LogP contribution < -0.4 is 19.3 Å². The molecule has 0 fully saturated rings. The summed E-state index contributed by atoms with van der Waals surface area (Å²) in [6.07, 6.45) is 5.92. The molecular weight excluding hydrogens is 1380 g/mol. The van der Waals surface area contributed by atoms with Gasteiger partial charge in [-0.15, -0.1) is 0 Å². The van der Waals surface area contributed by atoms with Gasteiger partial charge in [-0.1, -0.05) is 199 Å². The fourth-order valence-corrected chi connectivity index (χ4v) is 17.9. The molecule has 2 unspecified atom stereocenters. The van der Waals surface area contributed by atoms with Crippen LogP contribution in [0, 0.1) is 34.9 Å². The second-order valence-corrected chi connectivity index (χ2v) is 30.5. The van der Waals surface area contributed by atoms with Crippen LogP contribution in [0.5, 0.6) is 23.0 Å². The first kappa shape index (κ1) is 70.3. The number of hydrogen-bond acceptors (Lipinski definition) is 4. The molecule has 0 saturated heterocycles. The molecular formula is C100H76F6N2O2. The predicted octanol–water partition coefficient (Wildman–Crippen LogP) is 27.2. The van der Waals surface area contributed by atoms with E-state index in [1.807, 2.05) is 149 Å². The van der Waals surface area contributed by atoms with Crippen molar-refractivity contribution in [2.75, 3.05) is 9.80 Å². The minimum atomic E-state index is -1.05. The molecule has 540 valence electrons. The van der Waals surface area contributed by atoms with Crippen molar-refractivity contribution in [1.82, 2.24) is 0 Å². The van der Waals surface area contributed by atoms with Crippen molar-refractivity contribution in [3.63, 3.8) is 0 Å². The van der Waals surface area contributed by atoms with Crippen LogP contribution in [0.1, 0.15) is 118 Å². The molecule has 110 heavy (non-hydrogen) atoms. The van der Waals surface area contributed by atoms with E-state index in [9.17, 15) is 4.39 Å². The standard InChI is InChI=1S/C100H76F6N2O2/c1-7-63-19-37-83(38-20-63)109-85-41-23-66(24-42-85)50-68-51-77(33-45-88(68)87-14-10-9-13-67(87)49-65-17-29-71(101)30-18-65)107(81-54-73(103)52-74(104)55-81)79-35-47-92-95(59-79)99(61-97(92,3)4)62-98(5,6)93-48-36-80(60-96(93)99)108(82-56-75(105)53-76(106)57-82)78-34-46-90-89-15-11-12-16-91(89)100(94(90)58-78,69-25-31-72(102)32-26-69)70-27-43-86(44-28-70)110-84-39-21-64(8-2)22-40-84/h7-48,51-60H,1-2,49-50,61-62H2,3-6H3. The van der Waals surface area contributed by atoms with Gasteiger partial charge in [0.1, 0.15) is 57.9 Å². The first-order chi connectivity index (χ1) is 53.2. The molecule has 14 aromatic rings. The number of anilines is 6. The van der Waals surface area contributed by atoms with Crippen LogP contribution in [0.15, 0.2) is 316 Å². The summed E-state index contributed by atoms with van der Waals surface area (Å²) in [6, 6.07) is 93.6. The number of halogens is 6. The number of nitrogens with zero attached hydrogens (tertiary/aromatic N) is 2. The molecule has 0 heterocycles. The van der Waals surface area contributed by atoms with E-state index < -0.39 is 44.9 Å². The third kappa shape index (κ3) is 12.8. The van der Waals surface area contributed by atoms with E-state index in [2.05, 4.69) is 132 Å². The summed E-state index contributed by atoms with van der Waals surface area (Å²) in [6.45, 7) is 16.9. The second kappa shape index (κ2) is 27.8. The third-order valence-corrected chi connectivity index (χ3v) is 22.5. The Kier molecular flexibility index (Phi) is 17.8. The van der Waals surface area contributed by atoms with Gasteiger partial charge in [0.25, 0.3) is 0 Å². The molecule has 0 amide bonds. The second-order valence-electron chi connectivity index (χ2n) is 30.5. The maximum Gasteiger partial charge on any atom is 0.128 e. The fraction of sp³-hybridized carbons (Fsp3) is 0.120. The van der Waals surface area contributed by atoms with Crippen molar-refractivity contribution in [2.45, 2.75) is 75.0 Å². The summed E-state index contributed by atoms with van der Waals surface area (Å²) in [5.74, 6) is -1.06. The zero-order valence-electron chi connectivity index (χ0n) is 61.2. The van der Waals surface area contributed by atoms with Crippen LogP contribution in [-0.2, 0) is 34.5 Å². The van der Waals surface area contributed by atoms with E-state index in [-0.39, 0.29) is 23.0 Å². The maximum absolute atomic E-state index is 16.3. The molecule has 2 atom stereocenters. The largest absolute Gasteiger partial charge is 0.457 e. The van der Waals surface area contributed by atoms with Crippen molar-refractivity contribution in [1.29, 1.82) is 0 Å². The lowest BCUT2D eigenvalue weighted by Gasteiger charge is -2.35. The van der Waals surface area contributed by atoms with E-state index in [4.69, 9.17) is 9.47 Å². The van der Waals surface area contributed by atoms with E-state index >= 15 is 22.0 Å². The molecule has 0 bridgehead atoms. The van der Waals surface area contributed by atoms with E-state index in [1.54, 1.807) is 24.3 Å². The van der Waals surface area contributed by atoms with Gasteiger partial charge in [-0.25, -0.2) is 26.3 Å². The zero-order valence-corrected chi connectivity index (χ0v) is 61.2. The summed E-state index contributed by atoms with van der Waals surface area (Å²) < 4.78 is 107. The van der Waals surface area contributed by atoms with Crippen molar-refractivity contribution in [3.8, 4) is 45.3 Å². The lowest BCUT2D eigenvalue weighted by molar-refractivity contribution is 0.349. The Morgan fingerprint density at radius 3 is 1.16 bits per heavy atom. The molecule has 10 heteroatoms. The highest BCUT2D eigenvalue weighted by Crippen LogP contribution is 2.65. The van der Waals surface area contributed by atoms with Gasteiger partial charge in [0.15, 0.2) is 0 Å². The van der Waals surface area contributed by atoms with Crippen LogP contribution in [0.3, 0.4) is 0 Å². The van der Waals surface area contributed by atoms with E-state index in [0.717, 1.165) is 112 Å². The zero-order chi connectivity index (χ0) is 75.8. The van der Waals surface area contributed by atoms with Crippen molar-refractivity contribution in [3.05, 3.63) is 429 Å². The molecule has 0 N–H and O–H groups in total. The summed E-state index contributed by atoms with van der Waals surface area (Å²) in [5.41, 5.74) is 18.2. The average Bonchev–Trinajstić information content (AvgIpc) is 1.53. The number of rotatable bonds is 19. The van der Waals surface area contributed by atoms with Gasteiger partial charge in [0.05, 0.1) is 16.8 Å². The minimum absolute atomic E-state index is 0.255. The lowest BCUT2D eigenvalue weighted by Crippen LogP contribution is -2.29. The molecule has 3 aliphatic carbocycles. The van der Waals surface area contributed by atoms with Gasteiger partial charge in [-0.2, -0.15) is 0 Å². The maximum atomic E-state index is 16.3. The third-order valence-electron chi connectivity index (χ3n) is 22.5. The molecule has 4 nitrogen and oxygen atoms in total. The van der Waals surface area contributed by atoms with Crippen molar-refractivity contribution >= 4 is 46.3 Å². The van der Waals surface area contributed by atoms with Crippen LogP contribution in [0.2, 0.25) is 0 Å². The number of fused-ring (bicyclic) bond motifs is 7. The van der Waals surface area contributed by atoms with Gasteiger partial charge in [0, 0.05) is 40.3 Å². The Bertz CT molecular complexity index is 5870. The number of ether oxygens (including phenoxy) is 2. The average molecular weight is 1450 g/mol. The first-order valence-electron chi connectivity index (χ1n) is 37.0. The normalized spacial score (nSPS) is 16.0. The fourth-order valence-electron chi connectivity index (χ4n) is 17.9. The summed E-state index contributed by atoms with van der Waals surface area (Å²) in [4.78, 5) is 3.88. The predicted molar refractivity (Wildman–Crippen MR) is 433 cm³/mol. The van der Waals surface area contributed by atoms with Crippen LogP contribution in [0.4, 0.5) is 60.5 Å². The lowest BCUT2D eigenvalue weighted by atomic mass is 9.67. The smallest absolute Gasteiger partial charge is 0.128 e. The van der Waals surface area contributed by atoms with Gasteiger partial charge >= 0.3 is 0 Å². The highest BCUT2D eigenvalue weighted by Gasteiger charge is 2.57. The molecule has 14 aromatic carbocycles. The Morgan fingerprint density at radius 1 is 0.309 bits per heavy atom. The molecule has 3 aliphatic rings. The Labute approximate surface area is 637 Å². The Balaban J connectivity index is 0.808. The van der Waals surface area contributed by atoms with E-state index in [0.29, 0.717) is 71.4 Å². The number of hydrogen-bond donors (Lipinski definition) is 0. The van der Waals surface area contributed by atoms with Gasteiger partial charge in [-0.3, -0.25) is 0 Å². The molecule has 0 saturated carbocycles. The van der Waals surface area contributed by atoms with Gasteiger partial charge in [0.2, 0.25) is 0 Å². The van der Waals surface area contributed by atoms with Gasteiger partial charge in [-0.05, 0) is 282 Å².